The molecular formula is C44H44Cl4N6O11. The summed E-state index contributed by atoms with van der Waals surface area (Å²) in [5.41, 5.74) is 1.30. The largest absolute Gasteiger partial charge is 0.482 e. The van der Waals surface area contributed by atoms with Gasteiger partial charge in [-0.3, -0.25) is 4.90 Å². The Kier molecular flexibility index (Phi) is 14.2. The van der Waals surface area contributed by atoms with Crippen LogP contribution in [0.25, 0.3) is 11.0 Å². The molecule has 0 spiro atoms. The highest BCUT2D eigenvalue weighted by Gasteiger charge is 2.36. The number of rotatable bonds is 15. The molecule has 21 heteroatoms. The van der Waals surface area contributed by atoms with Crippen molar-refractivity contribution in [3.8, 4) is 23.4 Å². The predicted molar refractivity (Wildman–Crippen MR) is 238 cm³/mol. The van der Waals surface area contributed by atoms with Crippen LogP contribution >= 0.6 is 46.4 Å². The summed E-state index contributed by atoms with van der Waals surface area (Å²) in [6.07, 6.45) is 3.54. The topological polar surface area (TPSA) is 186 Å². The molecule has 65 heavy (non-hydrogen) atoms. The summed E-state index contributed by atoms with van der Waals surface area (Å²) in [5, 5.41) is 11.3. The minimum atomic E-state index is -0.959. The molecule has 1 atom stereocenters. The average molecular weight is 975 g/mol. The highest BCUT2D eigenvalue weighted by Crippen LogP contribution is 2.31. The Hall–Kier alpha value is -5.43. The molecule has 3 aromatic heterocycles. The van der Waals surface area contributed by atoms with Gasteiger partial charge in [0, 0.05) is 29.7 Å². The van der Waals surface area contributed by atoms with E-state index in [-0.39, 0.29) is 49.1 Å². The number of carbonyl (C=O) groups excluding carboxylic acids is 1. The Morgan fingerprint density at radius 2 is 1.37 bits per heavy atom. The molecule has 3 aromatic carbocycles. The van der Waals surface area contributed by atoms with E-state index in [0.29, 0.717) is 88.6 Å². The molecule has 3 fully saturated rings. The molecule has 9 rings (SSSR count). The fourth-order valence-electron chi connectivity index (χ4n) is 6.80. The van der Waals surface area contributed by atoms with Crippen LogP contribution in [0.3, 0.4) is 0 Å². The molecule has 344 valence electrons. The average Bonchev–Trinajstić information content (AvgIpc) is 3.94. The number of hydrogen-bond donors (Lipinski definition) is 1. The molecule has 3 aliphatic rings. The molecule has 3 aliphatic heterocycles. The van der Waals surface area contributed by atoms with E-state index in [9.17, 15) is 14.7 Å². The number of carbonyl (C=O) groups is 2. The molecule has 0 radical (unpaired) electrons. The molecule has 0 saturated carbocycles. The second kappa shape index (κ2) is 20.0. The molecule has 3 saturated heterocycles. The van der Waals surface area contributed by atoms with Crippen molar-refractivity contribution in [1.82, 2.24) is 29.3 Å². The van der Waals surface area contributed by atoms with Crippen molar-refractivity contribution in [3.05, 3.63) is 110 Å². The fourth-order valence-corrected chi connectivity index (χ4v) is 7.72. The number of benzene rings is 3. The number of imidazole rings is 1. The summed E-state index contributed by atoms with van der Waals surface area (Å²) in [6, 6.07) is 15.0. The highest BCUT2D eigenvalue weighted by molar-refractivity contribution is 6.36. The zero-order chi connectivity index (χ0) is 45.8. The highest BCUT2D eigenvalue weighted by atomic mass is 35.5. The molecule has 0 aliphatic carbocycles. The van der Waals surface area contributed by atoms with Gasteiger partial charge in [0.15, 0.2) is 13.2 Å². The maximum Gasteiger partial charge on any atom is 0.410 e. The smallest absolute Gasteiger partial charge is 0.410 e. The predicted octanol–water partition coefficient (Wildman–Crippen LogP) is 9.22. The van der Waals surface area contributed by atoms with E-state index in [4.69, 9.17) is 88.6 Å². The zero-order valence-corrected chi connectivity index (χ0v) is 38.4. The first kappa shape index (κ1) is 46.1. The maximum absolute atomic E-state index is 11.9. The van der Waals surface area contributed by atoms with Gasteiger partial charge in [-0.15, -0.1) is 0 Å². The molecule has 1 amide bonds. The van der Waals surface area contributed by atoms with Gasteiger partial charge in [-0.2, -0.15) is 0 Å². The zero-order valence-electron chi connectivity index (χ0n) is 35.4. The lowest BCUT2D eigenvalue weighted by atomic mass is 10.1. The lowest BCUT2D eigenvalue weighted by Crippen LogP contribution is -2.57. The van der Waals surface area contributed by atoms with Crippen LogP contribution in [0.1, 0.15) is 55.2 Å². The molecule has 0 unspecified atom stereocenters. The fraction of sp³-hybridized carbons (Fsp3) is 0.386. The van der Waals surface area contributed by atoms with Gasteiger partial charge in [0.2, 0.25) is 11.8 Å². The number of fused-ring (bicyclic) bond motifs is 1. The van der Waals surface area contributed by atoms with Crippen molar-refractivity contribution in [3.63, 3.8) is 0 Å². The number of halogens is 4. The van der Waals surface area contributed by atoms with Gasteiger partial charge in [0.05, 0.1) is 58.9 Å². The van der Waals surface area contributed by atoms with E-state index in [0.717, 1.165) is 29.9 Å². The number of aromatic carboxylic acids is 1. The van der Waals surface area contributed by atoms with Crippen molar-refractivity contribution >= 4 is 69.5 Å². The molecule has 6 aromatic rings. The van der Waals surface area contributed by atoms with Crippen molar-refractivity contribution in [1.29, 1.82) is 0 Å². The van der Waals surface area contributed by atoms with Gasteiger partial charge in [-0.25, -0.2) is 24.5 Å². The summed E-state index contributed by atoms with van der Waals surface area (Å²) in [6.45, 7) is 9.94. The molecule has 17 nitrogen and oxygen atoms in total. The Bertz CT molecular complexity index is 2630. The first-order chi connectivity index (χ1) is 31.1. The maximum atomic E-state index is 11.9. The summed E-state index contributed by atoms with van der Waals surface area (Å²) in [7, 11) is 0. The van der Waals surface area contributed by atoms with Crippen molar-refractivity contribution < 1.29 is 52.0 Å². The van der Waals surface area contributed by atoms with E-state index in [1.54, 1.807) is 59.5 Å². The first-order valence-electron chi connectivity index (χ1n) is 20.5. The Morgan fingerprint density at radius 1 is 0.800 bits per heavy atom. The van der Waals surface area contributed by atoms with Gasteiger partial charge >= 0.3 is 24.0 Å². The van der Waals surface area contributed by atoms with Crippen molar-refractivity contribution in [2.75, 3.05) is 32.8 Å². The monoisotopic (exact) mass is 972 g/mol. The number of carboxylic acids is 1. The third-order valence-electron chi connectivity index (χ3n) is 10.2. The lowest BCUT2D eigenvalue weighted by molar-refractivity contribution is -0.0597. The van der Waals surface area contributed by atoms with E-state index in [1.165, 1.54) is 12.4 Å². The van der Waals surface area contributed by atoms with Crippen LogP contribution in [0.5, 0.6) is 23.4 Å². The minimum Gasteiger partial charge on any atom is -0.482 e. The number of hydrogen-bond acceptors (Lipinski definition) is 14. The van der Waals surface area contributed by atoms with Crippen LogP contribution in [0.2, 0.25) is 20.1 Å². The van der Waals surface area contributed by atoms with E-state index < -0.39 is 11.6 Å². The molecule has 6 heterocycles. The summed E-state index contributed by atoms with van der Waals surface area (Å²) >= 11 is 23.9. The third kappa shape index (κ3) is 12.1. The van der Waals surface area contributed by atoms with Crippen LogP contribution < -0.4 is 18.9 Å². The Labute approximate surface area is 392 Å². The van der Waals surface area contributed by atoms with Crippen molar-refractivity contribution in [2.24, 2.45) is 0 Å². The summed E-state index contributed by atoms with van der Waals surface area (Å²) < 4.78 is 47.0. The van der Waals surface area contributed by atoms with Gasteiger partial charge in [0.25, 0.3) is 0 Å². The number of carboxylic acid groups (broad SMARTS) is 1. The number of aromatic nitrogens is 4. The van der Waals surface area contributed by atoms with E-state index >= 15 is 0 Å². The van der Waals surface area contributed by atoms with Crippen LogP contribution in [-0.4, -0.2) is 103 Å². The Balaban J connectivity index is 0.000000188. The van der Waals surface area contributed by atoms with Crippen LogP contribution in [0.15, 0.2) is 75.8 Å². The van der Waals surface area contributed by atoms with Crippen LogP contribution in [0, 0.1) is 0 Å². The van der Waals surface area contributed by atoms with Crippen molar-refractivity contribution in [2.45, 2.75) is 77.4 Å². The quantitative estimate of drug-likeness (QED) is 0.103. The number of oxazole rings is 2. The number of amides is 1. The lowest BCUT2D eigenvalue weighted by Gasteiger charge is -2.38. The van der Waals surface area contributed by atoms with E-state index in [1.807, 2.05) is 20.8 Å². The Morgan fingerprint density at radius 3 is 1.88 bits per heavy atom. The number of nitrogens with zero attached hydrogens (tertiary/aromatic N) is 6. The van der Waals surface area contributed by atoms with Gasteiger partial charge < -0.3 is 51.8 Å². The summed E-state index contributed by atoms with van der Waals surface area (Å²) in [4.78, 5) is 40.3. The normalized spacial score (nSPS) is 16.5. The van der Waals surface area contributed by atoms with Gasteiger partial charge in [-0.1, -0.05) is 46.4 Å². The van der Waals surface area contributed by atoms with Crippen LogP contribution in [0.4, 0.5) is 4.79 Å². The second-order valence-corrected chi connectivity index (χ2v) is 18.0. The number of ether oxygens (including phenoxy) is 6. The standard InChI is InChI=1S/C26H24Cl2N4O6.C18H20Cl2N2O5/c27-16-2-4-22(19(28)8-16)36-14-24-29-9-25(38-24)37-18-10-31(11-18)13-23-30-20-3-1-15(26(33)34)7-21(20)32(23)12-17-5-6-35-17;1-18(2,3)27-17(23)22-8-12(9-22)25-16-7-21-15(26-16)10-24-14-5-4-11(19)6-13(14)20/h1-4,7-9,17-18H,5-6,10-14H2,(H,33,34);4-7,12H,8-10H2,1-3H3/t17-;/m0./s1. The van der Waals surface area contributed by atoms with Gasteiger partial charge in [-0.05, 0) is 81.8 Å². The van der Waals surface area contributed by atoms with Gasteiger partial charge in [0.1, 0.15) is 47.5 Å². The minimum absolute atomic E-state index is 0.0474. The molecule has 1 N–H and O–H groups in total. The third-order valence-corrected chi connectivity index (χ3v) is 11.2. The first-order valence-corrected chi connectivity index (χ1v) is 22.0. The van der Waals surface area contributed by atoms with Crippen LogP contribution in [-0.2, 0) is 35.8 Å². The summed E-state index contributed by atoms with van der Waals surface area (Å²) in [5.74, 6) is 2.19. The molecule has 0 bridgehead atoms. The second-order valence-electron chi connectivity index (χ2n) is 16.4. The SMILES string of the molecule is CC(C)(C)OC(=O)N1CC(Oc2cnc(COc3ccc(Cl)cc3Cl)o2)C1.O=C(O)c1ccc2nc(CN3CC(Oc4cnc(COc5ccc(Cl)cc5Cl)o4)C3)n(C[C@@H]3CCO3)c2c1. The number of likely N-dealkylation sites (tertiary alicyclic amines) is 2. The van der Waals surface area contributed by atoms with E-state index in [2.05, 4.69) is 19.4 Å². The molecular weight excluding hydrogens is 930 g/mol.